The molecular formula is C21H31N7O5. The zero-order chi connectivity index (χ0) is 24.5. The van der Waals surface area contributed by atoms with Crippen LogP contribution in [0, 0.1) is 5.41 Å². The van der Waals surface area contributed by atoms with Gasteiger partial charge in [0.05, 0.1) is 25.1 Å². The predicted octanol–water partition coefficient (Wildman–Crippen LogP) is 0.150. The van der Waals surface area contributed by atoms with Crippen molar-refractivity contribution in [3.05, 3.63) is 18.0 Å². The van der Waals surface area contributed by atoms with Gasteiger partial charge >= 0.3 is 5.97 Å². The number of likely N-dealkylation sites (tertiary alicyclic amines) is 1. The lowest BCUT2D eigenvalue weighted by atomic mass is 9.85. The number of β-amino-alcohol motifs (C(OH)–C–C–N with tert-alkyl or cyclic N) is 1. The summed E-state index contributed by atoms with van der Waals surface area (Å²) in [4.78, 5) is 39.7. The fourth-order valence-electron chi connectivity index (χ4n) is 4.12. The Hall–Kier alpha value is -3.28. The minimum absolute atomic E-state index is 0.0553. The number of likely N-dealkylation sites (N-methyl/N-ethyl adjacent to an activating group) is 1. The number of carbonyl (C=O) groups excluding carboxylic acids is 3. The van der Waals surface area contributed by atoms with Crippen molar-refractivity contribution >= 4 is 17.8 Å². The van der Waals surface area contributed by atoms with E-state index in [0.29, 0.717) is 11.4 Å². The molecule has 12 heteroatoms. The van der Waals surface area contributed by atoms with E-state index in [2.05, 4.69) is 20.7 Å². The normalized spacial score (nSPS) is 19.4. The largest absolute Gasteiger partial charge is 0.462 e. The average molecular weight is 462 g/mol. The molecule has 1 fully saturated rings. The molecule has 2 aromatic rings. The summed E-state index contributed by atoms with van der Waals surface area (Å²) >= 11 is 0. The van der Waals surface area contributed by atoms with Crippen molar-refractivity contribution in [3.8, 4) is 11.4 Å². The zero-order valence-corrected chi connectivity index (χ0v) is 19.8. The van der Waals surface area contributed by atoms with Crippen molar-refractivity contribution in [1.82, 2.24) is 35.0 Å². The number of nitrogens with zero attached hydrogens (tertiary/aromatic N) is 6. The van der Waals surface area contributed by atoms with Gasteiger partial charge in [0.1, 0.15) is 29.0 Å². The van der Waals surface area contributed by atoms with Crippen LogP contribution in [0.1, 0.15) is 50.5 Å². The van der Waals surface area contributed by atoms with Gasteiger partial charge in [-0.2, -0.15) is 5.10 Å². The van der Waals surface area contributed by atoms with Gasteiger partial charge in [-0.1, -0.05) is 26.0 Å². The molecule has 3 heterocycles. The monoisotopic (exact) mass is 461 g/mol. The number of esters is 1. The molecule has 2 amide bonds. The van der Waals surface area contributed by atoms with Crippen molar-refractivity contribution in [2.24, 2.45) is 12.5 Å². The number of aliphatic hydroxyl groups excluding tert-OH is 1. The van der Waals surface area contributed by atoms with Crippen molar-refractivity contribution in [1.29, 1.82) is 0 Å². The number of aromatic nitrogens is 5. The molecule has 0 spiro atoms. The number of nitrogens with one attached hydrogen (secondary N) is 1. The topological polar surface area (TPSA) is 144 Å². The minimum Gasteiger partial charge on any atom is -0.462 e. The maximum Gasteiger partial charge on any atom is 0.342 e. The third-order valence-corrected chi connectivity index (χ3v) is 5.62. The molecule has 2 N–H and O–H groups in total. The number of hydrogen-bond donors (Lipinski definition) is 2. The molecule has 1 saturated heterocycles. The van der Waals surface area contributed by atoms with E-state index in [1.165, 1.54) is 27.5 Å². The number of hydrogen-bond acceptors (Lipinski definition) is 8. The van der Waals surface area contributed by atoms with Crippen molar-refractivity contribution < 1.29 is 24.2 Å². The smallest absolute Gasteiger partial charge is 0.342 e. The van der Waals surface area contributed by atoms with Crippen LogP contribution < -0.4 is 5.32 Å². The lowest BCUT2D eigenvalue weighted by Gasteiger charge is -2.34. The zero-order valence-electron chi connectivity index (χ0n) is 19.8. The second-order valence-corrected chi connectivity index (χ2v) is 9.11. The van der Waals surface area contributed by atoms with Crippen LogP contribution in [0.4, 0.5) is 0 Å². The maximum absolute atomic E-state index is 13.6. The van der Waals surface area contributed by atoms with Gasteiger partial charge in [0.15, 0.2) is 0 Å². The molecule has 0 unspecified atom stereocenters. The molecule has 33 heavy (non-hydrogen) atoms. The highest BCUT2D eigenvalue weighted by molar-refractivity contribution is 5.95. The van der Waals surface area contributed by atoms with Crippen LogP contribution in [-0.4, -0.2) is 84.9 Å². The SMILES string of the molecule is CCOC(=O)c1cnn(C)c1-c1cn([C@H](C(=O)N2C[C@H](O)C[C@H]2C(=O)NC)C(C)(C)C)nn1. The molecule has 0 aliphatic carbocycles. The molecule has 1 aliphatic heterocycles. The van der Waals surface area contributed by atoms with E-state index in [9.17, 15) is 19.5 Å². The van der Waals surface area contributed by atoms with Gasteiger partial charge in [0.25, 0.3) is 0 Å². The Kier molecular flexibility index (Phi) is 6.86. The van der Waals surface area contributed by atoms with Gasteiger partial charge in [-0.25, -0.2) is 9.48 Å². The summed E-state index contributed by atoms with van der Waals surface area (Å²) in [5.41, 5.74) is 0.413. The molecule has 2 aromatic heterocycles. The fraction of sp³-hybridized carbons (Fsp3) is 0.619. The Morgan fingerprint density at radius 1 is 1.33 bits per heavy atom. The highest BCUT2D eigenvalue weighted by atomic mass is 16.5. The van der Waals surface area contributed by atoms with Gasteiger partial charge in [-0.3, -0.25) is 14.3 Å². The van der Waals surface area contributed by atoms with E-state index in [1.807, 2.05) is 20.8 Å². The van der Waals surface area contributed by atoms with Crippen LogP contribution in [0.3, 0.4) is 0 Å². The summed E-state index contributed by atoms with van der Waals surface area (Å²) in [6.45, 7) is 7.63. The van der Waals surface area contributed by atoms with E-state index in [1.54, 1.807) is 20.2 Å². The minimum atomic E-state index is -0.810. The van der Waals surface area contributed by atoms with Crippen LogP contribution in [-0.2, 0) is 21.4 Å². The first kappa shape index (κ1) is 24.4. The summed E-state index contributed by atoms with van der Waals surface area (Å²) in [6, 6.07) is -1.58. The molecule has 0 saturated carbocycles. The average Bonchev–Trinajstić information content (AvgIpc) is 3.45. The Labute approximate surface area is 191 Å². The highest BCUT2D eigenvalue weighted by Gasteiger charge is 2.45. The number of rotatable bonds is 6. The van der Waals surface area contributed by atoms with E-state index < -0.39 is 29.6 Å². The Balaban J connectivity index is 1.99. The number of ether oxygens (including phenoxy) is 1. The van der Waals surface area contributed by atoms with Crippen LogP contribution >= 0.6 is 0 Å². The van der Waals surface area contributed by atoms with Gasteiger partial charge in [-0.05, 0) is 12.3 Å². The molecule has 180 valence electrons. The van der Waals surface area contributed by atoms with E-state index in [-0.39, 0.29) is 37.0 Å². The quantitative estimate of drug-likeness (QED) is 0.579. The molecule has 0 aromatic carbocycles. The van der Waals surface area contributed by atoms with E-state index in [4.69, 9.17) is 4.74 Å². The fourth-order valence-corrected chi connectivity index (χ4v) is 4.12. The summed E-state index contributed by atoms with van der Waals surface area (Å²) < 4.78 is 8.03. The number of amides is 2. The van der Waals surface area contributed by atoms with Crippen molar-refractivity contribution in [2.45, 2.75) is 52.3 Å². The van der Waals surface area contributed by atoms with Crippen molar-refractivity contribution in [3.63, 3.8) is 0 Å². The molecule has 0 radical (unpaired) electrons. The summed E-state index contributed by atoms with van der Waals surface area (Å²) in [7, 11) is 3.17. The van der Waals surface area contributed by atoms with Gasteiger partial charge in [-0.15, -0.1) is 5.10 Å². The third kappa shape index (κ3) is 4.75. The molecular weight excluding hydrogens is 430 g/mol. The van der Waals surface area contributed by atoms with Gasteiger partial charge in [0, 0.05) is 27.1 Å². The maximum atomic E-state index is 13.6. The first-order valence-electron chi connectivity index (χ1n) is 10.8. The van der Waals surface area contributed by atoms with Crippen LogP contribution in [0.5, 0.6) is 0 Å². The number of carbonyl (C=O) groups is 3. The van der Waals surface area contributed by atoms with Gasteiger partial charge in [0.2, 0.25) is 11.8 Å². The first-order valence-corrected chi connectivity index (χ1v) is 10.8. The highest BCUT2D eigenvalue weighted by Crippen LogP contribution is 2.35. The van der Waals surface area contributed by atoms with Crippen molar-refractivity contribution in [2.75, 3.05) is 20.2 Å². The predicted molar refractivity (Wildman–Crippen MR) is 117 cm³/mol. The summed E-state index contributed by atoms with van der Waals surface area (Å²) in [5, 5.41) is 25.2. The molecule has 12 nitrogen and oxygen atoms in total. The second kappa shape index (κ2) is 9.30. The molecule has 3 atom stereocenters. The summed E-state index contributed by atoms with van der Waals surface area (Å²) in [5.74, 6) is -1.21. The van der Waals surface area contributed by atoms with Crippen LogP contribution in [0.15, 0.2) is 12.4 Å². The Morgan fingerprint density at radius 2 is 2.03 bits per heavy atom. The van der Waals surface area contributed by atoms with E-state index in [0.717, 1.165) is 0 Å². The third-order valence-electron chi connectivity index (χ3n) is 5.62. The number of aryl methyl sites for hydroxylation is 1. The second-order valence-electron chi connectivity index (χ2n) is 9.11. The molecule has 1 aliphatic rings. The van der Waals surface area contributed by atoms with Crippen LogP contribution in [0.25, 0.3) is 11.4 Å². The molecule has 3 rings (SSSR count). The molecule has 0 bridgehead atoms. The van der Waals surface area contributed by atoms with E-state index >= 15 is 0 Å². The Morgan fingerprint density at radius 3 is 2.64 bits per heavy atom. The summed E-state index contributed by atoms with van der Waals surface area (Å²) in [6.07, 6.45) is 2.36. The number of aliphatic hydroxyl groups is 1. The standard InChI is InChI=1S/C21H31N7O5/c1-7-33-20(32)13-9-23-26(6)16(13)14-11-28(25-24-14)17(21(2,3)4)19(31)27-10-12(29)8-15(27)18(30)22-5/h9,11-12,15,17,29H,7-8,10H2,1-6H3,(H,22,30)/t12-,15+,17-/m1/s1. The lowest BCUT2D eigenvalue weighted by Crippen LogP contribution is -2.49. The van der Waals surface area contributed by atoms with Crippen LogP contribution in [0.2, 0.25) is 0 Å². The lowest BCUT2D eigenvalue weighted by molar-refractivity contribution is -0.144. The van der Waals surface area contributed by atoms with Gasteiger partial charge < -0.3 is 20.1 Å². The first-order chi connectivity index (χ1) is 15.5. The Bertz CT molecular complexity index is 1040.